The normalized spacial score (nSPS) is 26.3. The molecule has 33 heteroatoms. The lowest BCUT2D eigenvalue weighted by atomic mass is 9.87. The summed E-state index contributed by atoms with van der Waals surface area (Å²) in [5.41, 5.74) is 4.18. The van der Waals surface area contributed by atoms with Crippen molar-refractivity contribution in [3.05, 3.63) is 12.7 Å². The maximum atomic E-state index is 12.7. The predicted molar refractivity (Wildman–Crippen MR) is 227 cm³/mol. The number of aliphatic hydroxyl groups is 4. The summed E-state index contributed by atoms with van der Waals surface area (Å²) in [5.74, 6) is -1.81. The van der Waals surface area contributed by atoms with Crippen LogP contribution in [0.5, 0.6) is 0 Å². The molecule has 4 heterocycles. The van der Waals surface area contributed by atoms with Gasteiger partial charge in [0.2, 0.25) is 11.8 Å². The second-order valence-corrected chi connectivity index (χ2v) is 21.5. The minimum atomic E-state index is -5.61. The van der Waals surface area contributed by atoms with Crippen LogP contribution in [0, 0.1) is 5.41 Å². The Balaban J connectivity index is 1.13. The number of carbonyl (C=O) groups excluding carboxylic acids is 4. The number of fused-ring (bicyclic) bond motifs is 1. The van der Waals surface area contributed by atoms with Crippen molar-refractivity contribution in [2.24, 2.45) is 5.41 Å². The average Bonchev–Trinajstić information content (AvgIpc) is 3.78. The second kappa shape index (κ2) is 24.3. The van der Waals surface area contributed by atoms with E-state index in [0.717, 1.165) is 29.0 Å². The first-order valence-electron chi connectivity index (χ1n) is 20.3. The summed E-state index contributed by atoms with van der Waals surface area (Å²) in [4.78, 5) is 101. The third kappa shape index (κ3) is 17.5. The molecule has 2 unspecified atom stereocenters. The Morgan fingerprint density at radius 1 is 0.985 bits per heavy atom. The molecule has 2 aromatic rings. The number of phosphoric acid groups is 3. The fourth-order valence-electron chi connectivity index (χ4n) is 6.32. The molecule has 12 atom stereocenters. The monoisotopic (exact) mass is 1040 g/mol. The van der Waals surface area contributed by atoms with Gasteiger partial charge in [0, 0.05) is 43.5 Å². The van der Waals surface area contributed by atoms with Crippen molar-refractivity contribution >= 4 is 74.9 Å². The average molecular weight is 1040 g/mol. The van der Waals surface area contributed by atoms with Gasteiger partial charge in [0.25, 0.3) is 0 Å². The molecule has 67 heavy (non-hydrogen) atoms. The van der Waals surface area contributed by atoms with Gasteiger partial charge in [-0.05, 0) is 20.3 Å². The van der Waals surface area contributed by atoms with Gasteiger partial charge in [-0.1, -0.05) is 25.6 Å². The number of rotatable bonds is 26. The number of ether oxygens (including phenoxy) is 3. The first-order valence-corrected chi connectivity index (χ1v) is 25.8. The van der Waals surface area contributed by atoms with Crippen LogP contribution in [-0.4, -0.2) is 169 Å². The number of hydrogen-bond donors (Lipinski definition) is 11. The molecule has 12 N–H and O–H groups in total. The molecule has 0 radical (unpaired) electrons. The Labute approximate surface area is 386 Å². The molecular formula is C34H56N7O22P3S. The molecule has 2 aliphatic heterocycles. The number of aromatic nitrogens is 4. The van der Waals surface area contributed by atoms with E-state index in [4.69, 9.17) is 29.0 Å². The number of nitrogens with two attached hydrogens (primary N) is 1. The van der Waals surface area contributed by atoms with Crippen LogP contribution in [0.15, 0.2) is 12.7 Å². The summed E-state index contributed by atoms with van der Waals surface area (Å²) in [6.45, 7) is 3.46. The third-order valence-electron chi connectivity index (χ3n) is 9.99. The van der Waals surface area contributed by atoms with Crippen molar-refractivity contribution in [3.8, 4) is 0 Å². The zero-order valence-electron chi connectivity index (χ0n) is 36.4. The van der Waals surface area contributed by atoms with E-state index in [-0.39, 0.29) is 73.7 Å². The van der Waals surface area contributed by atoms with Crippen LogP contribution in [0.4, 0.5) is 5.82 Å². The van der Waals surface area contributed by atoms with Crippen molar-refractivity contribution in [3.63, 3.8) is 0 Å². The molecule has 2 amide bonds. The minimum absolute atomic E-state index is 0.0147. The van der Waals surface area contributed by atoms with E-state index in [9.17, 15) is 72.9 Å². The molecule has 0 saturated carbocycles. The minimum Gasteiger partial charge on any atom is -0.390 e. The summed E-state index contributed by atoms with van der Waals surface area (Å²) in [7, 11) is -16.5. The zero-order chi connectivity index (χ0) is 50.1. The number of hydrogen-bond acceptors (Lipinski definition) is 23. The number of nitrogen functional groups attached to an aromatic ring is 1. The Kier molecular flexibility index (Phi) is 20.5. The SMILES string of the molecule is C[C@H](CCC(=O)CC(=O)SCCNC(=O)CCNC(=O)[C@H](O)C(C)(C)COP(=O)(O)OP(=O)(O)OC[C@H]1O[C@@H](n2cnc3c(N)ncnc32)[C@H](O)[C@@H]1OP(=O)(O)O)O[C@@H]1O[C@@H](C)[C@H](O)C[C@H]1O. The second-order valence-electron chi connectivity index (χ2n) is 16.1. The summed E-state index contributed by atoms with van der Waals surface area (Å²) in [6, 6.07) is 0. The molecule has 4 rings (SSSR count). The highest BCUT2D eigenvalue weighted by molar-refractivity contribution is 8.13. The number of phosphoric ester groups is 3. The van der Waals surface area contributed by atoms with E-state index in [2.05, 4.69) is 34.4 Å². The predicted octanol–water partition coefficient (Wildman–Crippen LogP) is -1.33. The molecular weight excluding hydrogens is 983 g/mol. The molecule has 2 aromatic heterocycles. The number of thioether (sulfide) groups is 1. The van der Waals surface area contributed by atoms with E-state index in [1.165, 1.54) is 13.8 Å². The van der Waals surface area contributed by atoms with E-state index in [1.54, 1.807) is 13.8 Å². The number of nitrogens with one attached hydrogen (secondary N) is 2. The molecule has 0 bridgehead atoms. The van der Waals surface area contributed by atoms with E-state index in [1.807, 2.05) is 0 Å². The third-order valence-corrected chi connectivity index (χ3v) is 14.0. The smallest absolute Gasteiger partial charge is 0.390 e. The largest absolute Gasteiger partial charge is 0.481 e. The van der Waals surface area contributed by atoms with Crippen LogP contribution in [0.2, 0.25) is 0 Å². The Morgan fingerprint density at radius 2 is 1.67 bits per heavy atom. The highest BCUT2D eigenvalue weighted by Gasteiger charge is 2.50. The van der Waals surface area contributed by atoms with Crippen molar-refractivity contribution in [2.45, 2.75) is 121 Å². The van der Waals surface area contributed by atoms with Gasteiger partial charge >= 0.3 is 23.5 Å². The highest BCUT2D eigenvalue weighted by Crippen LogP contribution is 2.61. The molecule has 2 fully saturated rings. The lowest BCUT2D eigenvalue weighted by Crippen LogP contribution is -2.48. The van der Waals surface area contributed by atoms with Crippen LogP contribution in [0.3, 0.4) is 0 Å². The molecule has 380 valence electrons. The number of aliphatic hydroxyl groups excluding tert-OH is 4. The molecule has 29 nitrogen and oxygen atoms in total. The first-order chi connectivity index (χ1) is 31.1. The van der Waals surface area contributed by atoms with Crippen molar-refractivity contribution in [2.75, 3.05) is 37.8 Å². The van der Waals surface area contributed by atoms with Crippen molar-refractivity contribution in [1.82, 2.24) is 30.2 Å². The Morgan fingerprint density at radius 3 is 2.36 bits per heavy atom. The maximum Gasteiger partial charge on any atom is 0.481 e. The summed E-state index contributed by atoms with van der Waals surface area (Å²) in [6.07, 6.45) is -10.9. The molecule has 0 aromatic carbocycles. The topological polar surface area (TPSA) is 440 Å². The number of anilines is 1. The van der Waals surface area contributed by atoms with E-state index < -0.39 is 120 Å². The molecule has 0 spiro atoms. The standard InChI is InChI=1S/C34H56N7O22P3S/c1-17(59-33-21(44)12-20(43)18(2)60-33)5-6-19(42)11-24(46)67-10-9-36-23(45)7-8-37-31(49)28(48)34(3,4)14-58-66(55,56)63-65(53,54)57-13-22-27(62-64(50,51)52)26(47)32(61-22)41-16-40-25-29(35)38-15-39-30(25)41/h15-18,20-22,26-28,32-33,43-44,47-48H,5-14H2,1-4H3,(H,36,45)(H,37,49)(H,53,54)(H,55,56)(H2,35,38,39)(H2,50,51,52)/t17-,18+,20-,21-,22-,26-,27-,28+,32-,33-/m1/s1. The molecule has 0 aliphatic carbocycles. The lowest BCUT2D eigenvalue weighted by molar-refractivity contribution is -0.273. The zero-order valence-corrected chi connectivity index (χ0v) is 39.9. The van der Waals surface area contributed by atoms with Gasteiger partial charge in [-0.3, -0.25) is 37.3 Å². The fraction of sp³-hybridized carbons (Fsp3) is 0.735. The summed E-state index contributed by atoms with van der Waals surface area (Å²) in [5, 5.41) is 45.8. The van der Waals surface area contributed by atoms with Gasteiger partial charge in [-0.15, -0.1) is 0 Å². The van der Waals surface area contributed by atoms with E-state index in [0.29, 0.717) is 0 Å². The number of amides is 2. The number of ketones is 1. The van der Waals surface area contributed by atoms with Gasteiger partial charge in [0.1, 0.15) is 48.1 Å². The number of imidazole rings is 1. The van der Waals surface area contributed by atoms with Gasteiger partial charge < -0.3 is 70.6 Å². The number of carbonyl (C=O) groups is 4. The van der Waals surface area contributed by atoms with Gasteiger partial charge in [-0.2, -0.15) is 4.31 Å². The van der Waals surface area contributed by atoms with Crippen LogP contribution >= 0.6 is 35.2 Å². The quantitative estimate of drug-likeness (QED) is 0.0295. The van der Waals surface area contributed by atoms with Crippen LogP contribution in [0.1, 0.15) is 66.0 Å². The molecule has 2 aliphatic rings. The van der Waals surface area contributed by atoms with Crippen molar-refractivity contribution < 1.29 is 105 Å². The summed E-state index contributed by atoms with van der Waals surface area (Å²) >= 11 is 0.833. The van der Waals surface area contributed by atoms with Gasteiger partial charge in [-0.25, -0.2) is 28.6 Å². The Bertz CT molecular complexity index is 2190. The van der Waals surface area contributed by atoms with Gasteiger partial charge in [0.05, 0.1) is 44.3 Å². The van der Waals surface area contributed by atoms with Crippen molar-refractivity contribution in [1.29, 1.82) is 0 Å². The number of Topliss-reactive ketones (excluding diaryl/α,β-unsaturated/α-hetero) is 1. The number of nitrogens with zero attached hydrogens (tertiary/aromatic N) is 4. The first kappa shape index (κ1) is 56.7. The summed E-state index contributed by atoms with van der Waals surface area (Å²) < 4.78 is 73.4. The fourth-order valence-corrected chi connectivity index (χ4v) is 9.85. The molecule has 2 saturated heterocycles. The lowest BCUT2D eigenvalue weighted by Gasteiger charge is -2.36. The van der Waals surface area contributed by atoms with Gasteiger partial charge in [0.15, 0.2) is 29.1 Å². The van der Waals surface area contributed by atoms with Crippen LogP contribution in [0.25, 0.3) is 11.2 Å². The maximum absolute atomic E-state index is 12.7. The highest BCUT2D eigenvalue weighted by atomic mass is 32.2. The van der Waals surface area contributed by atoms with E-state index >= 15 is 0 Å². The van der Waals surface area contributed by atoms with Crippen LogP contribution in [-0.2, 0) is 65.0 Å². The van der Waals surface area contributed by atoms with Crippen LogP contribution < -0.4 is 16.4 Å². The Hall–Kier alpha value is -2.93.